The van der Waals surface area contributed by atoms with Crippen LogP contribution in [0.15, 0.2) is 82.8 Å². The Labute approximate surface area is 350 Å². The first-order chi connectivity index (χ1) is 27.5. The number of anilines is 7. The third kappa shape index (κ3) is 9.18. The lowest BCUT2D eigenvalue weighted by Crippen LogP contribution is -2.27. The van der Waals surface area contributed by atoms with E-state index in [1.54, 1.807) is 69.0 Å². The van der Waals surface area contributed by atoms with Gasteiger partial charge in [0, 0.05) is 0 Å². The molecule has 6 rings (SSSR count). The van der Waals surface area contributed by atoms with Gasteiger partial charge in [0.2, 0.25) is 11.9 Å². The maximum Gasteiger partial charge on any atom is 0.239 e. The van der Waals surface area contributed by atoms with Gasteiger partial charge in [-0.3, -0.25) is 0 Å². The van der Waals surface area contributed by atoms with E-state index < -0.39 is 30.2 Å². The molecule has 0 spiro atoms. The summed E-state index contributed by atoms with van der Waals surface area (Å²) >= 11 is 13.4. The number of sulfone groups is 2. The quantitative estimate of drug-likeness (QED) is 0.0966. The van der Waals surface area contributed by atoms with Gasteiger partial charge in [0.15, 0.2) is 31.3 Å². The van der Waals surface area contributed by atoms with Crippen molar-refractivity contribution in [3.63, 3.8) is 0 Å². The monoisotopic (exact) mass is 866 g/mol. The number of aromatic nitrogens is 4. The van der Waals surface area contributed by atoms with Crippen molar-refractivity contribution in [3.8, 4) is 5.75 Å². The summed E-state index contributed by atoms with van der Waals surface area (Å²) in [6.45, 7) is 14.2. The first kappa shape index (κ1) is 43.0. The van der Waals surface area contributed by atoms with Crippen LogP contribution in [0.4, 0.5) is 40.6 Å². The molecular weight excluding hydrogens is 820 g/mol. The van der Waals surface area contributed by atoms with E-state index in [2.05, 4.69) is 32.0 Å². The molecule has 3 N–H and O–H groups in total. The second-order valence-corrected chi connectivity index (χ2v) is 20.6. The molecular formula is C41H48Cl2N8O5S2. The minimum atomic E-state index is -3.70. The Bertz CT molecular complexity index is 2380. The fraction of sp³-hybridized carbons (Fsp3) is 0.366. The molecule has 2 aromatic heterocycles. The third-order valence-corrected chi connectivity index (χ3v) is 14.7. The minimum absolute atomic E-state index is 0.0646. The summed E-state index contributed by atoms with van der Waals surface area (Å²) in [7, 11) is -7.39. The molecule has 17 heteroatoms. The van der Waals surface area contributed by atoms with E-state index in [1.165, 1.54) is 24.5 Å². The number of benzene rings is 3. The normalized spacial score (nSPS) is 13.9. The highest BCUT2D eigenvalue weighted by molar-refractivity contribution is 7.92. The highest BCUT2D eigenvalue weighted by Crippen LogP contribution is 2.44. The maximum atomic E-state index is 13.4. The van der Waals surface area contributed by atoms with E-state index in [0.29, 0.717) is 17.4 Å². The largest absolute Gasteiger partial charge is 0.489 e. The second-order valence-electron chi connectivity index (χ2n) is 14.9. The van der Waals surface area contributed by atoms with Gasteiger partial charge in [-0.1, -0.05) is 47.5 Å². The van der Waals surface area contributed by atoms with E-state index >= 15 is 0 Å². The van der Waals surface area contributed by atoms with Gasteiger partial charge in [-0.2, -0.15) is 9.97 Å². The van der Waals surface area contributed by atoms with Gasteiger partial charge in [-0.05, 0) is 128 Å². The van der Waals surface area contributed by atoms with Crippen molar-refractivity contribution in [3.05, 3.63) is 94.2 Å². The van der Waals surface area contributed by atoms with Crippen molar-refractivity contribution < 1.29 is 21.6 Å². The Kier molecular flexibility index (Phi) is 13.2. The van der Waals surface area contributed by atoms with E-state index in [4.69, 9.17) is 37.9 Å². The molecule has 0 atom stereocenters. The van der Waals surface area contributed by atoms with Gasteiger partial charge in [0.25, 0.3) is 0 Å². The fourth-order valence-corrected chi connectivity index (χ4v) is 9.27. The smallest absolute Gasteiger partial charge is 0.239 e. The zero-order valence-electron chi connectivity index (χ0n) is 33.4. The number of nitrogens with one attached hydrogen (secondary N) is 3. The van der Waals surface area contributed by atoms with Crippen molar-refractivity contribution in [1.82, 2.24) is 25.3 Å². The molecule has 1 aliphatic rings. The van der Waals surface area contributed by atoms with Crippen molar-refractivity contribution in [2.24, 2.45) is 0 Å². The summed E-state index contributed by atoms with van der Waals surface area (Å²) in [5.41, 5.74) is 3.24. The third-order valence-electron chi connectivity index (χ3n) is 9.73. The van der Waals surface area contributed by atoms with Crippen LogP contribution in [0.25, 0.3) is 0 Å². The van der Waals surface area contributed by atoms with Gasteiger partial charge in [0.1, 0.15) is 15.8 Å². The topological polar surface area (TPSA) is 168 Å². The van der Waals surface area contributed by atoms with Crippen molar-refractivity contribution in [2.75, 3.05) is 28.6 Å². The molecule has 3 heterocycles. The molecule has 0 unspecified atom stereocenters. The van der Waals surface area contributed by atoms with Crippen LogP contribution >= 0.6 is 23.2 Å². The maximum absolute atomic E-state index is 13.4. The number of hydrogen-bond acceptors (Lipinski definition) is 13. The Morgan fingerprint density at radius 2 is 1.21 bits per heavy atom. The van der Waals surface area contributed by atoms with E-state index in [0.717, 1.165) is 37.1 Å². The number of rotatable bonds is 14. The molecule has 1 aliphatic heterocycles. The molecule has 0 radical (unpaired) electrons. The average Bonchev–Trinajstić information content (AvgIpc) is 3.18. The summed E-state index contributed by atoms with van der Waals surface area (Å²) in [6.07, 6.45) is 4.52. The van der Waals surface area contributed by atoms with Crippen LogP contribution in [-0.2, 0) is 19.7 Å². The van der Waals surface area contributed by atoms with Crippen molar-refractivity contribution >= 4 is 83.5 Å². The van der Waals surface area contributed by atoms with Gasteiger partial charge in [0.05, 0.1) is 55.9 Å². The summed E-state index contributed by atoms with van der Waals surface area (Å²) in [5, 5.41) is 8.60. The summed E-state index contributed by atoms with van der Waals surface area (Å²) in [6, 6.07) is 17.1. The number of piperidine rings is 1. The van der Waals surface area contributed by atoms with Crippen LogP contribution in [0.3, 0.4) is 0 Å². The lowest BCUT2D eigenvalue weighted by atomic mass is 9.87. The molecule has 308 valence electrons. The zero-order valence-corrected chi connectivity index (χ0v) is 36.6. The van der Waals surface area contributed by atoms with Gasteiger partial charge >= 0.3 is 0 Å². The van der Waals surface area contributed by atoms with Gasteiger partial charge < -0.3 is 20.7 Å². The van der Waals surface area contributed by atoms with Crippen LogP contribution in [0.2, 0.25) is 10.0 Å². The summed E-state index contributed by atoms with van der Waals surface area (Å²) in [4.78, 5) is 20.8. The van der Waals surface area contributed by atoms with Crippen LogP contribution < -0.4 is 25.6 Å². The lowest BCUT2D eigenvalue weighted by molar-refractivity contribution is 0.243. The first-order valence-electron chi connectivity index (χ1n) is 19.1. The van der Waals surface area contributed by atoms with Crippen LogP contribution in [0, 0.1) is 6.92 Å². The summed E-state index contributed by atoms with van der Waals surface area (Å²) < 4.78 is 60.0. The number of ether oxygens (including phenoxy) is 1. The molecule has 58 heavy (non-hydrogen) atoms. The van der Waals surface area contributed by atoms with E-state index in [-0.39, 0.29) is 60.8 Å². The number of para-hydroxylation sites is 2. The Morgan fingerprint density at radius 3 is 1.66 bits per heavy atom. The lowest BCUT2D eigenvalue weighted by Gasteiger charge is -2.29. The Morgan fingerprint density at radius 1 is 0.741 bits per heavy atom. The number of halogens is 2. The minimum Gasteiger partial charge on any atom is -0.489 e. The number of nitrogens with zero attached hydrogens (tertiary/aromatic N) is 5. The molecule has 5 aromatic rings. The van der Waals surface area contributed by atoms with Crippen molar-refractivity contribution in [2.45, 2.75) is 93.6 Å². The summed E-state index contributed by atoms with van der Waals surface area (Å²) in [5.74, 6) is 1.21. The fourth-order valence-electron chi connectivity index (χ4n) is 6.59. The highest BCUT2D eigenvalue weighted by atomic mass is 35.5. The van der Waals surface area contributed by atoms with E-state index in [1.807, 2.05) is 26.8 Å². The molecule has 1 saturated heterocycles. The molecule has 1 fully saturated rings. The predicted molar refractivity (Wildman–Crippen MR) is 232 cm³/mol. The molecule has 3 aromatic carbocycles. The van der Waals surface area contributed by atoms with E-state index in [9.17, 15) is 16.8 Å². The Hall–Kier alpha value is -4.54. The number of aryl methyl sites for hydroxylation is 1. The molecule has 0 bridgehead atoms. The van der Waals surface area contributed by atoms with Gasteiger partial charge in [-0.25, -0.2) is 31.7 Å². The Balaban J connectivity index is 1.55. The van der Waals surface area contributed by atoms with Crippen LogP contribution in [-0.4, -0.2) is 66.5 Å². The van der Waals surface area contributed by atoms with Gasteiger partial charge in [-0.15, -0.1) is 0 Å². The zero-order chi connectivity index (χ0) is 41.9. The molecule has 13 nitrogen and oxygen atoms in total. The van der Waals surface area contributed by atoms with Crippen LogP contribution in [0.5, 0.6) is 5.75 Å². The average molecular weight is 868 g/mol. The molecule has 0 amide bonds. The van der Waals surface area contributed by atoms with Crippen LogP contribution in [0.1, 0.15) is 71.4 Å². The standard InChI is InChI=1S/C41H48Cl2N8O5S2/c1-24(2)56-35-21-29(28-16-18-44-19-17-28)27(7)20-34(35)51(40-45-22-30(42)38(49-40)47-32-12-8-10-14-36(32)57(52,53)25(3)4)41-46-23-31(43)39(50-41)48-33-13-9-11-15-37(33)58(54,55)26(5)6/h8-15,20-26,28,44H,16-19H2,1-7H3,(H,45,47,49)(H,46,48,50). The molecule has 0 aliphatic carbocycles. The first-order valence-corrected chi connectivity index (χ1v) is 22.9. The second kappa shape index (κ2) is 17.8. The van der Waals surface area contributed by atoms with Crippen molar-refractivity contribution in [1.29, 1.82) is 0 Å². The SMILES string of the molecule is Cc1cc(N(c2ncc(Cl)c(Nc3ccccc3S(=O)(=O)C(C)C)n2)c2ncc(Cl)c(Nc3ccccc3S(=O)(=O)C(C)C)n2)c(OC(C)C)cc1C1CCNCC1. The highest BCUT2D eigenvalue weighted by Gasteiger charge is 2.29. The predicted octanol–water partition coefficient (Wildman–Crippen LogP) is 9.46. The number of hydrogen-bond donors (Lipinski definition) is 3. The molecule has 0 saturated carbocycles.